The summed E-state index contributed by atoms with van der Waals surface area (Å²) in [6, 6.07) is 0.110. The molecule has 0 spiro atoms. The Labute approximate surface area is 233 Å². The Hall–Kier alpha value is -2.80. The highest BCUT2D eigenvalue weighted by Crippen LogP contribution is 2.52. The SMILES string of the molecule is CC(C)Nc1nc(N)nc2c1ncn2CC1(OCP(=O)(OCCC(C)(C)C(=O)O)OCOC(=O)C(C)(C)C)CC1. The number of carboxylic acids is 1. The van der Waals surface area contributed by atoms with Gasteiger partial charge in [0.1, 0.15) is 6.35 Å². The third-order valence-electron chi connectivity index (χ3n) is 6.35. The molecule has 1 aliphatic carbocycles. The molecular weight excluding hydrogens is 543 g/mol. The highest BCUT2D eigenvalue weighted by molar-refractivity contribution is 7.53. The van der Waals surface area contributed by atoms with Gasteiger partial charge in [0.15, 0.2) is 17.0 Å². The van der Waals surface area contributed by atoms with E-state index in [-0.39, 0.29) is 25.0 Å². The van der Waals surface area contributed by atoms with Crippen LogP contribution in [-0.2, 0) is 39.2 Å². The summed E-state index contributed by atoms with van der Waals surface area (Å²) in [5, 5.41) is 12.6. The second kappa shape index (κ2) is 12.0. The fraction of sp³-hybridized carbons (Fsp3) is 0.720. The normalized spacial score (nSPS) is 16.6. The van der Waals surface area contributed by atoms with E-state index in [2.05, 4.69) is 20.3 Å². The van der Waals surface area contributed by atoms with Crippen LogP contribution < -0.4 is 11.1 Å². The minimum atomic E-state index is -3.94. The van der Waals surface area contributed by atoms with E-state index in [0.29, 0.717) is 36.4 Å². The summed E-state index contributed by atoms with van der Waals surface area (Å²) in [5.74, 6) is -0.918. The van der Waals surface area contributed by atoms with Crippen molar-refractivity contribution in [2.75, 3.05) is 30.8 Å². The van der Waals surface area contributed by atoms with E-state index >= 15 is 0 Å². The molecule has 0 amide bonds. The van der Waals surface area contributed by atoms with Crippen LogP contribution in [0.25, 0.3) is 11.2 Å². The van der Waals surface area contributed by atoms with Crippen molar-refractivity contribution in [1.82, 2.24) is 19.5 Å². The van der Waals surface area contributed by atoms with Gasteiger partial charge in [0.2, 0.25) is 12.7 Å². The number of aliphatic carboxylic acids is 1. The van der Waals surface area contributed by atoms with Crippen LogP contribution >= 0.6 is 7.60 Å². The summed E-state index contributed by atoms with van der Waals surface area (Å²) < 4.78 is 37.6. The Kier molecular flexibility index (Phi) is 9.50. The van der Waals surface area contributed by atoms with E-state index in [4.69, 9.17) is 24.3 Å². The van der Waals surface area contributed by atoms with Crippen molar-refractivity contribution >= 4 is 42.5 Å². The third-order valence-corrected chi connectivity index (χ3v) is 7.87. The Morgan fingerprint density at radius 2 is 1.88 bits per heavy atom. The van der Waals surface area contributed by atoms with E-state index < -0.39 is 49.1 Å². The molecule has 3 rings (SSSR count). The number of nitrogens with one attached hydrogen (secondary N) is 1. The highest BCUT2D eigenvalue weighted by atomic mass is 31.2. The Balaban J connectivity index is 1.71. The molecule has 40 heavy (non-hydrogen) atoms. The molecule has 224 valence electrons. The van der Waals surface area contributed by atoms with E-state index in [1.807, 2.05) is 13.8 Å². The van der Waals surface area contributed by atoms with Crippen molar-refractivity contribution in [3.63, 3.8) is 0 Å². The first-order chi connectivity index (χ1) is 18.5. The van der Waals surface area contributed by atoms with Crippen LogP contribution in [0.1, 0.15) is 67.7 Å². The maximum absolute atomic E-state index is 13.6. The molecule has 2 heterocycles. The van der Waals surface area contributed by atoms with Gasteiger partial charge in [-0.05, 0) is 67.7 Å². The third kappa shape index (κ3) is 8.35. The molecule has 0 saturated heterocycles. The molecule has 0 aliphatic heterocycles. The monoisotopic (exact) mass is 584 g/mol. The zero-order chi connectivity index (χ0) is 29.9. The molecule has 2 aromatic heterocycles. The number of fused-ring (bicyclic) bond motifs is 1. The number of anilines is 2. The number of rotatable bonds is 15. The Morgan fingerprint density at radius 1 is 1.20 bits per heavy atom. The first-order valence-corrected chi connectivity index (χ1v) is 14.9. The van der Waals surface area contributed by atoms with Gasteiger partial charge in [-0.1, -0.05) is 0 Å². The van der Waals surface area contributed by atoms with Gasteiger partial charge in [-0.3, -0.25) is 18.7 Å². The number of carbonyl (C=O) groups is 2. The Morgan fingerprint density at radius 3 is 2.45 bits per heavy atom. The van der Waals surface area contributed by atoms with E-state index in [9.17, 15) is 19.3 Å². The zero-order valence-corrected chi connectivity index (χ0v) is 25.1. The summed E-state index contributed by atoms with van der Waals surface area (Å²) in [7, 11) is -3.94. The van der Waals surface area contributed by atoms with Crippen LogP contribution in [0.4, 0.5) is 11.8 Å². The first-order valence-electron chi connectivity index (χ1n) is 13.1. The maximum Gasteiger partial charge on any atom is 0.359 e. The summed E-state index contributed by atoms with van der Waals surface area (Å²) >= 11 is 0. The largest absolute Gasteiger partial charge is 0.481 e. The number of nitrogens with two attached hydrogens (primary N) is 1. The second-order valence-electron chi connectivity index (χ2n) is 12.0. The molecule has 0 bridgehead atoms. The van der Waals surface area contributed by atoms with Crippen LogP contribution in [0.3, 0.4) is 0 Å². The molecule has 0 aromatic carbocycles. The fourth-order valence-electron chi connectivity index (χ4n) is 3.50. The van der Waals surface area contributed by atoms with Gasteiger partial charge in [0.25, 0.3) is 0 Å². The van der Waals surface area contributed by atoms with Gasteiger partial charge in [0.05, 0.1) is 35.9 Å². The maximum atomic E-state index is 13.6. The number of hydrogen-bond acceptors (Lipinski definition) is 12. The Bertz CT molecular complexity index is 1270. The van der Waals surface area contributed by atoms with E-state index in [1.165, 1.54) is 0 Å². The molecular formula is C25H41N6O8P. The minimum Gasteiger partial charge on any atom is -0.481 e. The van der Waals surface area contributed by atoms with Gasteiger partial charge in [-0.15, -0.1) is 0 Å². The predicted octanol–water partition coefficient (Wildman–Crippen LogP) is 4.01. The number of hydrogen-bond donors (Lipinski definition) is 3. The number of ether oxygens (including phenoxy) is 2. The van der Waals surface area contributed by atoms with Crippen molar-refractivity contribution in [3.05, 3.63) is 6.33 Å². The van der Waals surface area contributed by atoms with Crippen LogP contribution in [-0.4, -0.2) is 68.0 Å². The summed E-state index contributed by atoms with van der Waals surface area (Å²) in [5.41, 5.74) is 4.48. The van der Waals surface area contributed by atoms with Crippen molar-refractivity contribution in [2.24, 2.45) is 10.8 Å². The molecule has 1 atom stereocenters. The van der Waals surface area contributed by atoms with E-state index in [1.54, 1.807) is 45.5 Å². The van der Waals surface area contributed by atoms with Gasteiger partial charge in [-0.2, -0.15) is 9.97 Å². The van der Waals surface area contributed by atoms with Crippen LogP contribution in [0.5, 0.6) is 0 Å². The quantitative estimate of drug-likeness (QED) is 0.155. The van der Waals surface area contributed by atoms with Crippen LogP contribution in [0, 0.1) is 10.8 Å². The van der Waals surface area contributed by atoms with Crippen molar-refractivity contribution in [1.29, 1.82) is 0 Å². The topological polar surface area (TPSA) is 190 Å². The number of carbonyl (C=O) groups excluding carboxylic acids is 1. The van der Waals surface area contributed by atoms with Crippen molar-refractivity contribution in [3.8, 4) is 0 Å². The first kappa shape index (κ1) is 31.7. The van der Waals surface area contributed by atoms with Crippen molar-refractivity contribution in [2.45, 2.75) is 85.9 Å². The number of nitrogens with zero attached hydrogens (tertiary/aromatic N) is 4. The molecule has 0 radical (unpaired) electrons. The van der Waals surface area contributed by atoms with Gasteiger partial charge in [-0.25, -0.2) is 4.98 Å². The number of esters is 1. The minimum absolute atomic E-state index is 0.0809. The van der Waals surface area contributed by atoms with Gasteiger partial charge >= 0.3 is 19.5 Å². The molecule has 1 fully saturated rings. The zero-order valence-electron chi connectivity index (χ0n) is 24.2. The summed E-state index contributed by atoms with van der Waals surface area (Å²) in [6.45, 7) is 11.7. The fourth-order valence-corrected chi connectivity index (χ4v) is 4.74. The summed E-state index contributed by atoms with van der Waals surface area (Å²) in [4.78, 5) is 36.6. The second-order valence-corrected chi connectivity index (χ2v) is 14.0. The lowest BCUT2D eigenvalue weighted by Crippen LogP contribution is -2.26. The lowest BCUT2D eigenvalue weighted by Gasteiger charge is -2.25. The number of carboxylic acid groups (broad SMARTS) is 1. The molecule has 15 heteroatoms. The molecule has 1 saturated carbocycles. The number of imidazole rings is 1. The highest BCUT2D eigenvalue weighted by Gasteiger charge is 2.47. The van der Waals surface area contributed by atoms with Crippen LogP contribution in [0.15, 0.2) is 6.33 Å². The molecule has 2 aromatic rings. The number of nitrogen functional groups attached to an aromatic ring is 1. The lowest BCUT2D eigenvalue weighted by atomic mass is 9.90. The average molecular weight is 585 g/mol. The average Bonchev–Trinajstić information content (AvgIpc) is 3.48. The van der Waals surface area contributed by atoms with Gasteiger partial charge in [0, 0.05) is 6.04 Å². The predicted molar refractivity (Wildman–Crippen MR) is 148 cm³/mol. The molecule has 4 N–H and O–H groups in total. The molecule has 1 unspecified atom stereocenters. The van der Waals surface area contributed by atoms with Crippen LogP contribution in [0.2, 0.25) is 0 Å². The molecule has 14 nitrogen and oxygen atoms in total. The number of aromatic nitrogens is 4. The van der Waals surface area contributed by atoms with Gasteiger partial charge < -0.3 is 34.7 Å². The standard InChI is InChI=1S/C25H41N6O8P/c1-16(2)28-18-17-19(30-22(26)29-18)31(13-27-17)12-25(8-9-25)37-15-40(35,38-11-10-24(6,7)20(32)33)39-14-36-21(34)23(3,4)5/h13,16H,8-12,14-15H2,1-7H3,(H,32,33)(H3,26,28,29,30). The smallest absolute Gasteiger partial charge is 0.359 e. The lowest BCUT2D eigenvalue weighted by molar-refractivity contribution is -0.160. The molecule has 1 aliphatic rings. The summed E-state index contributed by atoms with van der Waals surface area (Å²) in [6.07, 6.45) is 2.64. The van der Waals surface area contributed by atoms with E-state index in [0.717, 1.165) is 0 Å². The van der Waals surface area contributed by atoms with Crippen molar-refractivity contribution < 1.29 is 37.8 Å².